The van der Waals surface area contributed by atoms with Gasteiger partial charge in [0.05, 0.1) is 0 Å². The van der Waals surface area contributed by atoms with Gasteiger partial charge in [-0.25, -0.2) is 4.98 Å². The second kappa shape index (κ2) is 5.82. The van der Waals surface area contributed by atoms with E-state index in [0.29, 0.717) is 16.7 Å². The van der Waals surface area contributed by atoms with Gasteiger partial charge in [-0.05, 0) is 34.5 Å². The van der Waals surface area contributed by atoms with Crippen molar-refractivity contribution in [1.29, 1.82) is 0 Å². The molecule has 1 aromatic rings. The molecule has 0 saturated carbocycles. The van der Waals surface area contributed by atoms with E-state index in [2.05, 4.69) is 26.2 Å². The molecule has 0 aliphatic rings. The lowest BCUT2D eigenvalue weighted by Gasteiger charge is -2.10. The van der Waals surface area contributed by atoms with Crippen LogP contribution >= 0.6 is 15.9 Å². The molecule has 0 spiro atoms. The second-order valence-electron chi connectivity index (χ2n) is 3.21. The molecular formula is C10H14BrN3O. The van der Waals surface area contributed by atoms with E-state index >= 15 is 0 Å². The summed E-state index contributed by atoms with van der Waals surface area (Å²) >= 11 is 3.27. The first-order valence-corrected chi connectivity index (χ1v) is 5.58. The average Bonchev–Trinajstić information content (AvgIpc) is 2.26. The van der Waals surface area contributed by atoms with E-state index in [0.717, 1.165) is 6.42 Å². The van der Waals surface area contributed by atoms with Crippen LogP contribution in [0.2, 0.25) is 0 Å². The lowest BCUT2D eigenvalue weighted by Crippen LogP contribution is -2.37. The maximum atomic E-state index is 11.6. The summed E-state index contributed by atoms with van der Waals surface area (Å²) in [6.07, 6.45) is 2.42. The van der Waals surface area contributed by atoms with Gasteiger partial charge in [0.15, 0.2) is 0 Å². The predicted octanol–water partition coefficient (Wildman–Crippen LogP) is 1.31. The van der Waals surface area contributed by atoms with Gasteiger partial charge in [-0.1, -0.05) is 6.92 Å². The van der Waals surface area contributed by atoms with Gasteiger partial charge < -0.3 is 11.1 Å². The Morgan fingerprint density at radius 1 is 1.73 bits per heavy atom. The zero-order valence-electron chi connectivity index (χ0n) is 8.53. The summed E-state index contributed by atoms with van der Waals surface area (Å²) < 4.78 is 0.688. The molecule has 0 aromatic carbocycles. The number of aromatic nitrogens is 1. The van der Waals surface area contributed by atoms with Gasteiger partial charge in [0.2, 0.25) is 0 Å². The largest absolute Gasteiger partial charge is 0.349 e. The Morgan fingerprint density at radius 3 is 3.07 bits per heavy atom. The predicted molar refractivity (Wildman–Crippen MR) is 62.5 cm³/mol. The third-order valence-electron chi connectivity index (χ3n) is 2.02. The van der Waals surface area contributed by atoms with Gasteiger partial charge in [0.1, 0.15) is 5.69 Å². The number of carbonyl (C=O) groups is 1. The lowest BCUT2D eigenvalue weighted by atomic mass is 10.2. The van der Waals surface area contributed by atoms with Gasteiger partial charge in [0.25, 0.3) is 5.91 Å². The summed E-state index contributed by atoms with van der Waals surface area (Å²) in [4.78, 5) is 15.6. The molecule has 1 unspecified atom stereocenters. The van der Waals surface area contributed by atoms with E-state index in [1.165, 1.54) is 0 Å². The minimum absolute atomic E-state index is 0.00330. The molecule has 15 heavy (non-hydrogen) atoms. The van der Waals surface area contributed by atoms with Crippen LogP contribution < -0.4 is 11.1 Å². The Balaban J connectivity index is 2.58. The molecule has 0 fully saturated rings. The third kappa shape index (κ3) is 3.60. The molecule has 0 radical (unpaired) electrons. The molecule has 4 nitrogen and oxygen atoms in total. The average molecular weight is 272 g/mol. The van der Waals surface area contributed by atoms with Crippen molar-refractivity contribution in [3.05, 3.63) is 28.5 Å². The molecule has 5 heteroatoms. The van der Waals surface area contributed by atoms with E-state index in [1.54, 1.807) is 18.3 Å². The molecule has 0 saturated heterocycles. The van der Waals surface area contributed by atoms with Crippen LogP contribution in [0.1, 0.15) is 23.8 Å². The summed E-state index contributed by atoms with van der Waals surface area (Å²) in [5.41, 5.74) is 6.08. The zero-order chi connectivity index (χ0) is 11.3. The van der Waals surface area contributed by atoms with E-state index in [9.17, 15) is 4.79 Å². The van der Waals surface area contributed by atoms with Crippen LogP contribution in [0.25, 0.3) is 0 Å². The summed E-state index contributed by atoms with van der Waals surface area (Å²) in [6, 6.07) is 3.54. The van der Waals surface area contributed by atoms with Crippen LogP contribution in [-0.4, -0.2) is 23.5 Å². The molecule has 1 heterocycles. The fraction of sp³-hybridized carbons (Fsp3) is 0.400. The number of nitrogens with one attached hydrogen (secondary N) is 1. The van der Waals surface area contributed by atoms with Crippen LogP contribution in [0.3, 0.4) is 0 Å². The molecular weight excluding hydrogens is 258 g/mol. The standard InChI is InChI=1S/C10H14BrN3O/c1-2-7(12)6-14-10(15)9-8(11)4-3-5-13-9/h3-5,7H,2,6,12H2,1H3,(H,14,15). The summed E-state index contributed by atoms with van der Waals surface area (Å²) in [5.74, 6) is -0.202. The summed E-state index contributed by atoms with van der Waals surface area (Å²) in [6.45, 7) is 2.45. The molecule has 82 valence electrons. The monoisotopic (exact) mass is 271 g/mol. The zero-order valence-corrected chi connectivity index (χ0v) is 10.1. The Bertz CT molecular complexity index is 343. The Hall–Kier alpha value is -0.940. The molecule has 1 aromatic heterocycles. The van der Waals surface area contributed by atoms with Gasteiger partial charge in [-0.3, -0.25) is 4.79 Å². The number of hydrogen-bond donors (Lipinski definition) is 2. The summed E-state index contributed by atoms with van der Waals surface area (Å²) in [5, 5.41) is 2.73. The lowest BCUT2D eigenvalue weighted by molar-refractivity contribution is 0.0945. The van der Waals surface area contributed by atoms with Crippen molar-refractivity contribution in [3.8, 4) is 0 Å². The number of pyridine rings is 1. The number of halogens is 1. The van der Waals surface area contributed by atoms with Crippen molar-refractivity contribution < 1.29 is 4.79 Å². The number of carbonyl (C=O) groups excluding carboxylic acids is 1. The first-order valence-electron chi connectivity index (χ1n) is 4.79. The molecule has 3 N–H and O–H groups in total. The number of nitrogens with zero attached hydrogens (tertiary/aromatic N) is 1. The third-order valence-corrected chi connectivity index (χ3v) is 2.66. The molecule has 0 bridgehead atoms. The quantitative estimate of drug-likeness (QED) is 0.868. The van der Waals surface area contributed by atoms with Crippen LogP contribution in [0, 0.1) is 0 Å². The fourth-order valence-electron chi connectivity index (χ4n) is 1.00. The van der Waals surface area contributed by atoms with Crippen molar-refractivity contribution >= 4 is 21.8 Å². The highest BCUT2D eigenvalue weighted by Crippen LogP contribution is 2.12. The van der Waals surface area contributed by atoms with Crippen molar-refractivity contribution in [2.24, 2.45) is 5.73 Å². The van der Waals surface area contributed by atoms with Crippen molar-refractivity contribution in [2.45, 2.75) is 19.4 Å². The van der Waals surface area contributed by atoms with Gasteiger partial charge in [-0.15, -0.1) is 0 Å². The number of hydrogen-bond acceptors (Lipinski definition) is 3. The first kappa shape index (κ1) is 12.1. The fourth-order valence-corrected chi connectivity index (χ4v) is 1.44. The number of rotatable bonds is 4. The van der Waals surface area contributed by atoms with Crippen LogP contribution in [0.4, 0.5) is 0 Å². The molecule has 1 amide bonds. The van der Waals surface area contributed by atoms with Gasteiger partial charge >= 0.3 is 0 Å². The van der Waals surface area contributed by atoms with Crippen molar-refractivity contribution in [3.63, 3.8) is 0 Å². The Morgan fingerprint density at radius 2 is 2.47 bits per heavy atom. The SMILES string of the molecule is CCC(N)CNC(=O)c1ncccc1Br. The normalized spacial score (nSPS) is 12.2. The van der Waals surface area contributed by atoms with Crippen molar-refractivity contribution in [2.75, 3.05) is 6.54 Å². The molecule has 0 aliphatic carbocycles. The van der Waals surface area contributed by atoms with Crippen LogP contribution in [0.15, 0.2) is 22.8 Å². The van der Waals surface area contributed by atoms with E-state index in [-0.39, 0.29) is 11.9 Å². The number of amides is 1. The van der Waals surface area contributed by atoms with E-state index < -0.39 is 0 Å². The van der Waals surface area contributed by atoms with Crippen molar-refractivity contribution in [1.82, 2.24) is 10.3 Å². The molecule has 1 atom stereocenters. The summed E-state index contributed by atoms with van der Waals surface area (Å²) in [7, 11) is 0. The highest BCUT2D eigenvalue weighted by atomic mass is 79.9. The second-order valence-corrected chi connectivity index (χ2v) is 4.07. The minimum Gasteiger partial charge on any atom is -0.349 e. The van der Waals surface area contributed by atoms with E-state index in [1.807, 2.05) is 6.92 Å². The molecule has 0 aliphatic heterocycles. The van der Waals surface area contributed by atoms with E-state index in [4.69, 9.17) is 5.73 Å². The maximum absolute atomic E-state index is 11.6. The highest BCUT2D eigenvalue weighted by Gasteiger charge is 2.11. The van der Waals surface area contributed by atoms with Gasteiger partial charge in [0, 0.05) is 23.3 Å². The first-order chi connectivity index (χ1) is 7.15. The highest BCUT2D eigenvalue weighted by molar-refractivity contribution is 9.10. The topological polar surface area (TPSA) is 68.0 Å². The maximum Gasteiger partial charge on any atom is 0.271 e. The van der Waals surface area contributed by atoms with Gasteiger partial charge in [-0.2, -0.15) is 0 Å². The van der Waals surface area contributed by atoms with Crippen LogP contribution in [0.5, 0.6) is 0 Å². The van der Waals surface area contributed by atoms with Crippen LogP contribution in [-0.2, 0) is 0 Å². The minimum atomic E-state index is -0.202. The molecule has 1 rings (SSSR count). The Kier molecular flexibility index (Phi) is 4.71. The number of nitrogens with two attached hydrogens (primary N) is 1. The Labute approximate surface area is 97.4 Å². The smallest absolute Gasteiger partial charge is 0.271 e.